The van der Waals surface area contributed by atoms with Gasteiger partial charge in [-0.15, -0.1) is 0 Å². The number of fused-ring (bicyclic) bond motifs is 5. The van der Waals surface area contributed by atoms with Crippen molar-refractivity contribution >= 4 is 12.1 Å². The average molecular weight is 540 g/mol. The monoisotopic (exact) mass is 539 g/mol. The highest BCUT2D eigenvalue weighted by Crippen LogP contribution is 2.70. The van der Waals surface area contributed by atoms with E-state index >= 15 is 0 Å². The highest BCUT2D eigenvalue weighted by Gasteiger charge is 2.66. The molecule has 8 heteroatoms. The molecule has 212 valence electrons. The highest BCUT2D eigenvalue weighted by atomic mass is 16.6. The van der Waals surface area contributed by atoms with Crippen molar-refractivity contribution in [2.75, 3.05) is 13.2 Å². The molecule has 3 saturated carbocycles. The van der Waals surface area contributed by atoms with Gasteiger partial charge in [-0.25, -0.2) is 14.4 Å². The number of aliphatic hydroxyl groups is 1. The number of ether oxygens (including phenoxy) is 2. The minimum Gasteiger partial charge on any atom is -0.460 e. The fourth-order valence-electron chi connectivity index (χ4n) is 8.46. The number of hydrogen-bond donors (Lipinski definition) is 2. The van der Waals surface area contributed by atoms with E-state index in [1.54, 1.807) is 13.2 Å². The first-order valence-corrected chi connectivity index (χ1v) is 14.3. The number of nitrogens with one attached hydrogen (secondary N) is 1. The molecule has 0 saturated heterocycles. The number of amides is 1. The van der Waals surface area contributed by atoms with Crippen molar-refractivity contribution in [3.8, 4) is 0 Å². The molecule has 39 heavy (non-hydrogen) atoms. The Bertz CT molecular complexity index is 1220. The molecule has 4 aliphatic carbocycles. The third-order valence-electron chi connectivity index (χ3n) is 10.6. The summed E-state index contributed by atoms with van der Waals surface area (Å²) >= 11 is 0. The lowest BCUT2D eigenvalue weighted by molar-refractivity contribution is -0.178. The van der Waals surface area contributed by atoms with Crippen LogP contribution in [0, 0.1) is 22.7 Å². The molecule has 1 aromatic rings. The summed E-state index contributed by atoms with van der Waals surface area (Å²) in [6.07, 6.45) is 10.00. The Morgan fingerprint density at radius 2 is 1.92 bits per heavy atom. The molecule has 5 rings (SSSR count). The van der Waals surface area contributed by atoms with Gasteiger partial charge in [0.2, 0.25) is 0 Å². The molecule has 7 atom stereocenters. The molecule has 0 aromatic carbocycles. The smallest absolute Gasteiger partial charge is 0.407 e. The van der Waals surface area contributed by atoms with E-state index in [0.717, 1.165) is 56.9 Å². The van der Waals surface area contributed by atoms with Gasteiger partial charge in [-0.2, -0.15) is 0 Å². The number of alkyl carbamates (subject to hydrolysis) is 1. The quantitative estimate of drug-likeness (QED) is 0.226. The maximum atomic E-state index is 12.4. The van der Waals surface area contributed by atoms with E-state index in [2.05, 4.69) is 31.8 Å². The largest absolute Gasteiger partial charge is 0.460 e. The predicted molar refractivity (Wildman–Crippen MR) is 145 cm³/mol. The van der Waals surface area contributed by atoms with Crippen LogP contribution in [0.3, 0.4) is 0 Å². The van der Waals surface area contributed by atoms with Crippen LogP contribution in [0.2, 0.25) is 0 Å². The Balaban J connectivity index is 1.24. The first-order valence-electron chi connectivity index (χ1n) is 14.3. The lowest BCUT2D eigenvalue weighted by Gasteiger charge is -2.61. The summed E-state index contributed by atoms with van der Waals surface area (Å²) in [5.41, 5.74) is 1.28. The second-order valence-corrected chi connectivity index (χ2v) is 12.5. The van der Waals surface area contributed by atoms with Crippen LogP contribution in [0.15, 0.2) is 51.4 Å². The van der Waals surface area contributed by atoms with Crippen molar-refractivity contribution < 1.29 is 28.6 Å². The normalized spacial score (nSPS) is 37.0. The Labute approximate surface area is 229 Å². The predicted octanol–water partition coefficient (Wildman–Crippen LogP) is 5.02. The number of allylic oxidation sites excluding steroid dienone is 1. The first-order chi connectivity index (χ1) is 18.5. The van der Waals surface area contributed by atoms with E-state index in [1.165, 1.54) is 11.6 Å². The maximum Gasteiger partial charge on any atom is 0.407 e. The van der Waals surface area contributed by atoms with Crippen molar-refractivity contribution in [2.45, 2.75) is 89.8 Å². The second-order valence-electron chi connectivity index (χ2n) is 12.5. The summed E-state index contributed by atoms with van der Waals surface area (Å²) in [5, 5.41) is 15.0. The third kappa shape index (κ3) is 4.75. The Morgan fingerprint density at radius 3 is 2.64 bits per heavy atom. The SMILES string of the molecule is C=C(C)C(=O)OCCNC(=O)O[C@@H]1C=C2CCC3C(CC[C@]4(C)[C@@H](c5ccc(=O)oc5)CC[C@]34O)[C@@]2(C)CC1. The molecular formula is C31H41NO7. The first kappa shape index (κ1) is 27.7. The van der Waals surface area contributed by atoms with Gasteiger partial charge in [0.05, 0.1) is 18.4 Å². The van der Waals surface area contributed by atoms with Gasteiger partial charge in [0.25, 0.3) is 0 Å². The van der Waals surface area contributed by atoms with Gasteiger partial charge in [-0.05, 0) is 99.2 Å². The van der Waals surface area contributed by atoms with E-state index in [0.29, 0.717) is 11.5 Å². The molecule has 8 nitrogen and oxygen atoms in total. The fourth-order valence-corrected chi connectivity index (χ4v) is 8.46. The van der Waals surface area contributed by atoms with Crippen LogP contribution >= 0.6 is 0 Å². The number of carbonyl (C=O) groups excluding carboxylic acids is 2. The molecular weight excluding hydrogens is 498 g/mol. The lowest BCUT2D eigenvalue weighted by atomic mass is 9.45. The zero-order valence-electron chi connectivity index (χ0n) is 23.3. The molecule has 0 radical (unpaired) electrons. The van der Waals surface area contributed by atoms with Gasteiger partial charge in [0.1, 0.15) is 12.7 Å². The Hall–Kier alpha value is -2.87. The van der Waals surface area contributed by atoms with Gasteiger partial charge in [0.15, 0.2) is 0 Å². The van der Waals surface area contributed by atoms with Crippen LogP contribution in [-0.2, 0) is 14.3 Å². The fraction of sp³-hybridized carbons (Fsp3) is 0.645. The van der Waals surface area contributed by atoms with Crippen LogP contribution in [-0.4, -0.2) is 42.0 Å². The summed E-state index contributed by atoms with van der Waals surface area (Å²) in [6.45, 7) is 9.93. The van der Waals surface area contributed by atoms with Crippen molar-refractivity contribution in [3.05, 3.63) is 58.2 Å². The number of esters is 1. The number of carbonyl (C=O) groups is 2. The summed E-state index contributed by atoms with van der Waals surface area (Å²) in [4.78, 5) is 35.3. The minimum atomic E-state index is -0.758. The zero-order chi connectivity index (χ0) is 28.0. The van der Waals surface area contributed by atoms with Gasteiger partial charge in [0, 0.05) is 17.1 Å². The van der Waals surface area contributed by atoms with Gasteiger partial charge in [-0.1, -0.05) is 26.0 Å². The van der Waals surface area contributed by atoms with E-state index in [-0.39, 0.29) is 47.5 Å². The van der Waals surface area contributed by atoms with Gasteiger partial charge < -0.3 is 24.3 Å². The number of hydrogen-bond acceptors (Lipinski definition) is 7. The standard InChI is InChI=1S/C31H41NO7/c1-19(2)27(34)37-16-15-32-28(35)39-22-9-12-29(3)21(17-22)6-7-25-24(29)10-13-30(4)23(11-14-31(25,30)36)20-5-8-26(33)38-18-20/h5,8,17-18,22-25,36H,1,6-7,9-16H2,2-4H3,(H,32,35)/t22-,23+,24?,25?,29-,30+,31-/m0/s1. The van der Waals surface area contributed by atoms with Crippen molar-refractivity contribution in [1.82, 2.24) is 5.32 Å². The second kappa shape index (κ2) is 10.3. The lowest BCUT2D eigenvalue weighted by Crippen LogP contribution is -2.60. The molecule has 4 aliphatic rings. The van der Waals surface area contributed by atoms with E-state index in [1.807, 2.05) is 6.07 Å². The molecule has 0 aliphatic heterocycles. The van der Waals surface area contributed by atoms with Gasteiger partial charge in [-0.3, -0.25) is 0 Å². The molecule has 3 fully saturated rings. The van der Waals surface area contributed by atoms with E-state index in [4.69, 9.17) is 13.9 Å². The van der Waals surface area contributed by atoms with Crippen LogP contribution in [0.5, 0.6) is 0 Å². The minimum absolute atomic E-state index is 0.0231. The van der Waals surface area contributed by atoms with E-state index < -0.39 is 17.7 Å². The van der Waals surface area contributed by atoms with Crippen LogP contribution in [0.25, 0.3) is 0 Å². The van der Waals surface area contributed by atoms with Crippen LogP contribution < -0.4 is 10.9 Å². The zero-order valence-corrected chi connectivity index (χ0v) is 23.3. The molecule has 1 amide bonds. The topological polar surface area (TPSA) is 115 Å². The number of rotatable bonds is 6. The van der Waals surface area contributed by atoms with Crippen LogP contribution in [0.1, 0.15) is 83.6 Å². The highest BCUT2D eigenvalue weighted by molar-refractivity contribution is 5.86. The Morgan fingerprint density at radius 1 is 1.13 bits per heavy atom. The summed E-state index contributed by atoms with van der Waals surface area (Å²) in [5.74, 6) is 0.276. The molecule has 1 aromatic heterocycles. The maximum absolute atomic E-state index is 12.4. The summed E-state index contributed by atoms with van der Waals surface area (Å²) in [7, 11) is 0. The Kier molecular flexibility index (Phi) is 7.29. The molecule has 2 N–H and O–H groups in total. The van der Waals surface area contributed by atoms with Crippen LogP contribution in [0.4, 0.5) is 4.79 Å². The average Bonchev–Trinajstić information content (AvgIpc) is 3.18. The third-order valence-corrected chi connectivity index (χ3v) is 10.6. The summed E-state index contributed by atoms with van der Waals surface area (Å²) in [6, 6.07) is 3.36. The van der Waals surface area contributed by atoms with Gasteiger partial charge >= 0.3 is 17.7 Å². The van der Waals surface area contributed by atoms with Crippen molar-refractivity contribution in [2.24, 2.45) is 22.7 Å². The van der Waals surface area contributed by atoms with Crippen molar-refractivity contribution in [3.63, 3.8) is 0 Å². The van der Waals surface area contributed by atoms with E-state index in [9.17, 15) is 19.5 Å². The van der Waals surface area contributed by atoms with Crippen molar-refractivity contribution in [1.29, 1.82) is 0 Å². The molecule has 2 unspecified atom stereocenters. The molecule has 1 heterocycles. The summed E-state index contributed by atoms with van der Waals surface area (Å²) < 4.78 is 15.9. The molecule has 0 bridgehead atoms. The molecule has 0 spiro atoms.